The van der Waals surface area contributed by atoms with Crippen molar-refractivity contribution in [2.45, 2.75) is 58.4 Å². The molecule has 0 saturated heterocycles. The normalized spacial score (nSPS) is 13.2. The van der Waals surface area contributed by atoms with Gasteiger partial charge in [-0.3, -0.25) is 0 Å². The largest absolute Gasteiger partial charge is 0.488 e. The molecule has 196 valence electrons. The summed E-state index contributed by atoms with van der Waals surface area (Å²) >= 11 is 0. The molecule has 0 radical (unpaired) electrons. The van der Waals surface area contributed by atoms with E-state index < -0.39 is 25.8 Å². The predicted molar refractivity (Wildman–Crippen MR) is 145 cm³/mol. The van der Waals surface area contributed by atoms with Gasteiger partial charge in [0.05, 0.1) is 5.52 Å². The van der Waals surface area contributed by atoms with Crippen molar-refractivity contribution in [2.24, 2.45) is 0 Å². The molecule has 0 aliphatic carbocycles. The van der Waals surface area contributed by atoms with Crippen LogP contribution in [0.1, 0.15) is 44.9 Å². The van der Waals surface area contributed by atoms with E-state index >= 15 is 0 Å². The van der Waals surface area contributed by atoms with Crippen LogP contribution in [0.5, 0.6) is 5.75 Å². The molecule has 0 spiro atoms. The zero-order valence-electron chi connectivity index (χ0n) is 22.2. The Morgan fingerprint density at radius 1 is 0.892 bits per heavy atom. The van der Waals surface area contributed by atoms with Crippen LogP contribution in [0, 0.1) is 17.5 Å². The minimum atomic E-state index is -2.03. The maximum absolute atomic E-state index is 14.9. The zero-order valence-corrected chi connectivity index (χ0v) is 23.2. The van der Waals surface area contributed by atoms with Gasteiger partial charge in [0.15, 0.2) is 20.0 Å². The number of nitrogens with zero attached hydrogens (tertiary/aromatic N) is 1. The molecule has 37 heavy (non-hydrogen) atoms. The molecular formula is C30H34F3NO2Si. The highest BCUT2D eigenvalue weighted by Gasteiger charge is 2.37. The van der Waals surface area contributed by atoms with Crippen molar-refractivity contribution >= 4 is 19.2 Å². The summed E-state index contributed by atoms with van der Waals surface area (Å²) in [5.41, 5.74) is 2.68. The molecule has 7 heteroatoms. The fraction of sp³-hybridized carbons (Fsp3) is 0.333. The lowest BCUT2D eigenvalue weighted by Gasteiger charge is -2.37. The van der Waals surface area contributed by atoms with E-state index in [0.717, 1.165) is 23.4 Å². The van der Waals surface area contributed by atoms with E-state index in [9.17, 15) is 13.2 Å². The third-order valence-corrected chi connectivity index (χ3v) is 11.8. The van der Waals surface area contributed by atoms with Gasteiger partial charge in [-0.15, -0.1) is 0 Å². The molecule has 3 nitrogen and oxygen atoms in total. The number of benzene rings is 3. The van der Waals surface area contributed by atoms with Crippen LogP contribution in [0.2, 0.25) is 18.1 Å². The summed E-state index contributed by atoms with van der Waals surface area (Å²) in [5, 5.41) is 0.734. The van der Waals surface area contributed by atoms with Crippen LogP contribution >= 0.6 is 0 Å². The molecule has 4 aromatic rings. The Balaban J connectivity index is 1.80. The molecule has 1 unspecified atom stereocenters. The minimum Gasteiger partial charge on any atom is -0.488 e. The average Bonchev–Trinajstić information content (AvgIpc) is 3.22. The van der Waals surface area contributed by atoms with Crippen LogP contribution < -0.4 is 4.74 Å². The smallest absolute Gasteiger partial charge is 0.192 e. The van der Waals surface area contributed by atoms with Gasteiger partial charge in [-0.2, -0.15) is 0 Å². The number of hydrogen-bond donors (Lipinski definition) is 0. The standard InChI is InChI=1S/C30H34F3NO2Si/c1-20(18-36-37(5,6)30(2,3)4)27-17-24-28(34(27)23-12-13-25(32)26(33)16-23)14-22(31)15-29(24)35-19-21-10-8-7-9-11-21/h7-17,20H,18-19H2,1-6H3. The first kappa shape index (κ1) is 27.0. The Morgan fingerprint density at radius 2 is 1.59 bits per heavy atom. The van der Waals surface area contributed by atoms with Crippen LogP contribution in [-0.4, -0.2) is 19.5 Å². The van der Waals surface area contributed by atoms with Gasteiger partial charge >= 0.3 is 0 Å². The summed E-state index contributed by atoms with van der Waals surface area (Å²) in [7, 11) is -2.03. The van der Waals surface area contributed by atoms with Gasteiger partial charge in [0.1, 0.15) is 18.2 Å². The fourth-order valence-corrected chi connectivity index (χ4v) is 5.13. The Hall–Kier alpha value is -3.03. The average molecular weight is 526 g/mol. The van der Waals surface area contributed by atoms with Crippen molar-refractivity contribution in [2.75, 3.05) is 6.61 Å². The summed E-state index contributed by atoms with van der Waals surface area (Å²) in [6.07, 6.45) is 0. The molecule has 0 bridgehead atoms. The van der Waals surface area contributed by atoms with E-state index in [2.05, 4.69) is 33.9 Å². The van der Waals surface area contributed by atoms with Crippen molar-refractivity contribution in [1.29, 1.82) is 0 Å². The Morgan fingerprint density at radius 3 is 2.24 bits per heavy atom. The van der Waals surface area contributed by atoms with Crippen molar-refractivity contribution in [3.63, 3.8) is 0 Å². The second kappa shape index (κ2) is 10.4. The van der Waals surface area contributed by atoms with Crippen molar-refractivity contribution in [1.82, 2.24) is 4.57 Å². The lowest BCUT2D eigenvalue weighted by Crippen LogP contribution is -2.41. The number of fused-ring (bicyclic) bond motifs is 1. The summed E-state index contributed by atoms with van der Waals surface area (Å²) in [6, 6.07) is 18.1. The van der Waals surface area contributed by atoms with Gasteiger partial charge in [-0.1, -0.05) is 58.0 Å². The van der Waals surface area contributed by atoms with Crippen LogP contribution in [0.25, 0.3) is 16.6 Å². The summed E-state index contributed by atoms with van der Waals surface area (Å²) < 4.78 is 57.3. The first-order chi connectivity index (χ1) is 17.4. The highest BCUT2D eigenvalue weighted by Crippen LogP contribution is 2.39. The van der Waals surface area contributed by atoms with Gasteiger partial charge in [-0.05, 0) is 48.0 Å². The molecule has 0 aliphatic rings. The first-order valence-electron chi connectivity index (χ1n) is 12.5. The molecule has 1 heterocycles. The minimum absolute atomic E-state index is 0.0427. The molecule has 0 saturated carbocycles. The van der Waals surface area contributed by atoms with Crippen LogP contribution in [0.15, 0.2) is 66.7 Å². The summed E-state index contributed by atoms with van der Waals surface area (Å²) in [4.78, 5) is 0. The molecule has 0 N–H and O–H groups in total. The van der Waals surface area contributed by atoms with Crippen molar-refractivity contribution < 1.29 is 22.3 Å². The summed E-state index contributed by atoms with van der Waals surface area (Å²) in [6.45, 7) is 13.7. The lowest BCUT2D eigenvalue weighted by atomic mass is 10.1. The van der Waals surface area contributed by atoms with E-state index in [4.69, 9.17) is 9.16 Å². The Bertz CT molecular complexity index is 1390. The first-order valence-corrected chi connectivity index (χ1v) is 15.4. The molecule has 1 atom stereocenters. The third kappa shape index (κ3) is 5.78. The second-order valence-electron chi connectivity index (χ2n) is 11.1. The highest BCUT2D eigenvalue weighted by atomic mass is 28.4. The lowest BCUT2D eigenvalue weighted by molar-refractivity contribution is 0.266. The maximum Gasteiger partial charge on any atom is 0.192 e. The van der Waals surface area contributed by atoms with Crippen LogP contribution in [0.3, 0.4) is 0 Å². The van der Waals surface area contributed by atoms with E-state index in [1.165, 1.54) is 18.2 Å². The number of hydrogen-bond acceptors (Lipinski definition) is 2. The second-order valence-corrected chi connectivity index (χ2v) is 15.9. The topological polar surface area (TPSA) is 23.4 Å². The number of halogens is 3. The molecular weight excluding hydrogens is 491 g/mol. The number of rotatable bonds is 8. The van der Waals surface area contributed by atoms with E-state index in [1.807, 2.05) is 43.3 Å². The molecule has 3 aromatic carbocycles. The van der Waals surface area contributed by atoms with Crippen molar-refractivity contribution in [3.05, 3.63) is 95.4 Å². The molecule has 1 aromatic heterocycles. The van der Waals surface area contributed by atoms with Gasteiger partial charge in [-0.25, -0.2) is 13.2 Å². The fourth-order valence-electron chi connectivity index (χ4n) is 4.03. The van der Waals surface area contributed by atoms with E-state index in [0.29, 0.717) is 28.9 Å². The molecule has 4 rings (SSSR count). The maximum atomic E-state index is 14.9. The Kier molecular flexibility index (Phi) is 7.58. The number of aromatic nitrogens is 1. The SMILES string of the molecule is CC(CO[Si](C)(C)C(C)(C)C)c1cc2c(OCc3ccccc3)cc(F)cc2n1-c1ccc(F)c(F)c1. The van der Waals surface area contributed by atoms with Gasteiger partial charge in [0.2, 0.25) is 0 Å². The number of ether oxygens (including phenoxy) is 1. The highest BCUT2D eigenvalue weighted by molar-refractivity contribution is 6.74. The predicted octanol–water partition coefficient (Wildman–Crippen LogP) is 8.75. The Labute approximate surface area is 218 Å². The van der Waals surface area contributed by atoms with Gasteiger partial charge in [0, 0.05) is 41.4 Å². The van der Waals surface area contributed by atoms with E-state index in [-0.39, 0.29) is 17.6 Å². The van der Waals surface area contributed by atoms with Crippen LogP contribution in [-0.2, 0) is 11.0 Å². The third-order valence-electron chi connectivity index (χ3n) is 7.28. The van der Waals surface area contributed by atoms with Crippen molar-refractivity contribution in [3.8, 4) is 11.4 Å². The zero-order chi connectivity index (χ0) is 27.0. The van der Waals surface area contributed by atoms with E-state index in [1.54, 1.807) is 4.57 Å². The van der Waals surface area contributed by atoms with Gasteiger partial charge in [0.25, 0.3) is 0 Å². The van der Waals surface area contributed by atoms with Crippen LogP contribution in [0.4, 0.5) is 13.2 Å². The monoisotopic (exact) mass is 525 g/mol. The molecule has 0 fully saturated rings. The summed E-state index contributed by atoms with van der Waals surface area (Å²) in [5.74, 6) is -2.10. The quantitative estimate of drug-likeness (QED) is 0.215. The molecule has 0 aliphatic heterocycles. The van der Waals surface area contributed by atoms with Gasteiger partial charge < -0.3 is 13.7 Å². The molecule has 0 amide bonds.